The van der Waals surface area contributed by atoms with E-state index in [1.165, 1.54) is 25.7 Å². The van der Waals surface area contributed by atoms with Crippen LogP contribution < -0.4 is 14.2 Å². The molecule has 168 valence electrons. The maximum atomic E-state index is 12.4. The first-order chi connectivity index (χ1) is 15.1. The second-order valence-electron chi connectivity index (χ2n) is 7.90. The second kappa shape index (κ2) is 14.3. The van der Waals surface area contributed by atoms with Crippen LogP contribution >= 0.6 is 0 Å². The summed E-state index contributed by atoms with van der Waals surface area (Å²) >= 11 is 0. The summed E-state index contributed by atoms with van der Waals surface area (Å²) in [5, 5.41) is 0. The van der Waals surface area contributed by atoms with Crippen molar-refractivity contribution >= 4 is 5.97 Å². The van der Waals surface area contributed by atoms with Gasteiger partial charge in [0.05, 0.1) is 18.8 Å². The minimum Gasteiger partial charge on any atom is -0.494 e. The van der Waals surface area contributed by atoms with Gasteiger partial charge in [-0.05, 0) is 73.7 Å². The topological polar surface area (TPSA) is 44.8 Å². The highest BCUT2D eigenvalue weighted by molar-refractivity contribution is 5.91. The molecular formula is C27H36O4. The third kappa shape index (κ3) is 9.73. The molecule has 0 aliphatic carbocycles. The smallest absolute Gasteiger partial charge is 0.343 e. The van der Waals surface area contributed by atoms with Crippen LogP contribution in [0.25, 0.3) is 0 Å². The van der Waals surface area contributed by atoms with Crippen molar-refractivity contribution < 1.29 is 19.0 Å². The van der Waals surface area contributed by atoms with Crippen LogP contribution in [0, 0.1) is 5.92 Å². The zero-order chi connectivity index (χ0) is 22.3. The minimum absolute atomic E-state index is 0.389. The third-order valence-corrected chi connectivity index (χ3v) is 5.18. The molecule has 0 bridgehead atoms. The van der Waals surface area contributed by atoms with Crippen LogP contribution in [-0.2, 0) is 0 Å². The molecule has 0 heterocycles. The Morgan fingerprint density at radius 1 is 0.871 bits per heavy atom. The Labute approximate surface area is 187 Å². The summed E-state index contributed by atoms with van der Waals surface area (Å²) < 4.78 is 16.9. The predicted octanol–water partition coefficient (Wildman–Crippen LogP) is 7.24. The van der Waals surface area contributed by atoms with Crippen molar-refractivity contribution in [2.24, 2.45) is 5.92 Å². The molecule has 0 N–H and O–H groups in total. The molecule has 0 aliphatic heterocycles. The summed E-state index contributed by atoms with van der Waals surface area (Å²) in [5.74, 6) is 2.16. The number of rotatable bonds is 15. The van der Waals surface area contributed by atoms with Gasteiger partial charge in [-0.1, -0.05) is 45.6 Å². The van der Waals surface area contributed by atoms with Crippen LogP contribution in [0.4, 0.5) is 0 Å². The van der Waals surface area contributed by atoms with Crippen molar-refractivity contribution in [2.75, 3.05) is 13.2 Å². The highest BCUT2D eigenvalue weighted by Gasteiger charge is 2.09. The van der Waals surface area contributed by atoms with Gasteiger partial charge in [-0.15, -0.1) is 6.58 Å². The SMILES string of the molecule is C=CCCCCCCCOc1ccc(C(=O)Oc2ccc(OC[C@@H](C)CC)cc2)cc1. The molecule has 0 amide bonds. The first-order valence-corrected chi connectivity index (χ1v) is 11.4. The molecule has 0 unspecified atom stereocenters. The lowest BCUT2D eigenvalue weighted by atomic mass is 10.1. The maximum Gasteiger partial charge on any atom is 0.343 e. The fraction of sp³-hybridized carbons (Fsp3) is 0.444. The normalized spacial score (nSPS) is 11.5. The number of carbonyl (C=O) groups excluding carboxylic acids is 1. The third-order valence-electron chi connectivity index (χ3n) is 5.18. The predicted molar refractivity (Wildman–Crippen MR) is 126 cm³/mol. The van der Waals surface area contributed by atoms with Crippen LogP contribution in [0.1, 0.15) is 69.2 Å². The summed E-state index contributed by atoms with van der Waals surface area (Å²) in [6.45, 7) is 9.41. The van der Waals surface area contributed by atoms with E-state index >= 15 is 0 Å². The largest absolute Gasteiger partial charge is 0.494 e. The van der Waals surface area contributed by atoms with Gasteiger partial charge in [0.1, 0.15) is 17.2 Å². The average molecular weight is 425 g/mol. The fourth-order valence-corrected chi connectivity index (χ4v) is 2.92. The molecule has 0 saturated carbocycles. The van der Waals surface area contributed by atoms with E-state index in [0.29, 0.717) is 30.4 Å². The molecular weight excluding hydrogens is 388 g/mol. The Balaban J connectivity index is 1.71. The molecule has 2 aromatic carbocycles. The Bertz CT molecular complexity index is 765. The van der Waals surface area contributed by atoms with Crippen molar-refractivity contribution in [3.05, 3.63) is 66.7 Å². The highest BCUT2D eigenvalue weighted by Crippen LogP contribution is 2.20. The van der Waals surface area contributed by atoms with E-state index in [4.69, 9.17) is 14.2 Å². The van der Waals surface area contributed by atoms with Crippen LogP contribution in [0.3, 0.4) is 0 Å². The zero-order valence-electron chi connectivity index (χ0n) is 19.0. The maximum absolute atomic E-state index is 12.4. The number of benzene rings is 2. The van der Waals surface area contributed by atoms with Crippen molar-refractivity contribution in [1.29, 1.82) is 0 Å². The first-order valence-electron chi connectivity index (χ1n) is 11.4. The average Bonchev–Trinajstić information content (AvgIpc) is 2.80. The van der Waals surface area contributed by atoms with E-state index in [1.807, 2.05) is 30.3 Å². The van der Waals surface area contributed by atoms with Gasteiger partial charge in [0.2, 0.25) is 0 Å². The molecule has 1 atom stereocenters. The monoisotopic (exact) mass is 424 g/mol. The number of allylic oxidation sites excluding steroid dienone is 1. The van der Waals surface area contributed by atoms with Crippen molar-refractivity contribution in [2.45, 2.75) is 58.8 Å². The van der Waals surface area contributed by atoms with E-state index in [1.54, 1.807) is 24.3 Å². The number of hydrogen-bond donors (Lipinski definition) is 0. The number of carbonyl (C=O) groups is 1. The molecule has 2 aromatic rings. The van der Waals surface area contributed by atoms with Gasteiger partial charge in [0.15, 0.2) is 0 Å². The molecule has 0 aromatic heterocycles. The quantitative estimate of drug-likeness (QED) is 0.131. The number of esters is 1. The van der Waals surface area contributed by atoms with Gasteiger partial charge in [-0.2, -0.15) is 0 Å². The van der Waals surface area contributed by atoms with Gasteiger partial charge in [0.25, 0.3) is 0 Å². The minimum atomic E-state index is -0.389. The number of hydrogen-bond acceptors (Lipinski definition) is 4. The van der Waals surface area contributed by atoms with E-state index in [9.17, 15) is 4.79 Å². The molecule has 4 nitrogen and oxygen atoms in total. The van der Waals surface area contributed by atoms with Crippen molar-refractivity contribution in [3.63, 3.8) is 0 Å². The second-order valence-corrected chi connectivity index (χ2v) is 7.90. The Kier molecular flexibility index (Phi) is 11.3. The molecule has 0 radical (unpaired) electrons. The highest BCUT2D eigenvalue weighted by atomic mass is 16.5. The van der Waals surface area contributed by atoms with E-state index in [2.05, 4.69) is 20.4 Å². The van der Waals surface area contributed by atoms with E-state index in [0.717, 1.165) is 30.8 Å². The van der Waals surface area contributed by atoms with E-state index < -0.39 is 0 Å². The zero-order valence-corrected chi connectivity index (χ0v) is 19.0. The fourth-order valence-electron chi connectivity index (χ4n) is 2.92. The van der Waals surface area contributed by atoms with Gasteiger partial charge < -0.3 is 14.2 Å². The molecule has 0 spiro atoms. The number of unbranched alkanes of at least 4 members (excludes halogenated alkanes) is 5. The molecule has 4 heteroatoms. The van der Waals surface area contributed by atoms with Crippen LogP contribution in [0.2, 0.25) is 0 Å². The summed E-state index contributed by atoms with van der Waals surface area (Å²) in [6.07, 6.45) is 10.1. The summed E-state index contributed by atoms with van der Waals surface area (Å²) in [7, 11) is 0. The summed E-state index contributed by atoms with van der Waals surface area (Å²) in [5.41, 5.74) is 0.492. The Morgan fingerprint density at radius 3 is 2.13 bits per heavy atom. The first kappa shape index (κ1) is 24.5. The van der Waals surface area contributed by atoms with Crippen LogP contribution in [0.5, 0.6) is 17.2 Å². The van der Waals surface area contributed by atoms with Gasteiger partial charge in [0, 0.05) is 0 Å². The van der Waals surface area contributed by atoms with Crippen molar-refractivity contribution in [3.8, 4) is 17.2 Å². The van der Waals surface area contributed by atoms with Gasteiger partial charge in [-0.25, -0.2) is 4.79 Å². The van der Waals surface area contributed by atoms with E-state index in [-0.39, 0.29) is 5.97 Å². The molecule has 31 heavy (non-hydrogen) atoms. The number of ether oxygens (including phenoxy) is 3. The van der Waals surface area contributed by atoms with Crippen molar-refractivity contribution in [1.82, 2.24) is 0 Å². The molecule has 0 aliphatic rings. The lowest BCUT2D eigenvalue weighted by molar-refractivity contribution is 0.0734. The molecule has 0 saturated heterocycles. The molecule has 2 rings (SSSR count). The van der Waals surface area contributed by atoms with Crippen LogP contribution in [0.15, 0.2) is 61.2 Å². The summed E-state index contributed by atoms with van der Waals surface area (Å²) in [4.78, 5) is 12.4. The standard InChI is InChI=1S/C27H36O4/c1-4-6-7-8-9-10-11-20-29-24-14-12-23(13-15-24)27(28)31-26-18-16-25(17-19-26)30-21-22(3)5-2/h4,12-19,22H,1,5-11,20-21H2,2-3H3/t22-/m0/s1. The van der Waals surface area contributed by atoms with Gasteiger partial charge >= 0.3 is 5.97 Å². The Hall–Kier alpha value is -2.75. The van der Waals surface area contributed by atoms with Crippen LogP contribution in [-0.4, -0.2) is 19.2 Å². The van der Waals surface area contributed by atoms with Gasteiger partial charge in [-0.3, -0.25) is 0 Å². The Morgan fingerprint density at radius 2 is 1.45 bits per heavy atom. The lowest BCUT2D eigenvalue weighted by Crippen LogP contribution is -2.09. The lowest BCUT2D eigenvalue weighted by Gasteiger charge is -2.11. The summed E-state index contributed by atoms with van der Waals surface area (Å²) in [6, 6.07) is 14.2. The molecule has 0 fully saturated rings.